The van der Waals surface area contributed by atoms with Gasteiger partial charge in [0, 0.05) is 36.8 Å². The number of hydrogen-bond donors (Lipinski definition) is 0. The summed E-state index contributed by atoms with van der Waals surface area (Å²) in [5, 5.41) is 2.97. The molecule has 2 aromatic heterocycles. The lowest BCUT2D eigenvalue weighted by atomic mass is 10.1. The van der Waals surface area contributed by atoms with Crippen LogP contribution >= 0.6 is 11.3 Å². The monoisotopic (exact) mass is 345 g/mol. The van der Waals surface area contributed by atoms with Crippen molar-refractivity contribution in [3.8, 4) is 0 Å². The van der Waals surface area contributed by atoms with E-state index in [0.717, 1.165) is 16.4 Å². The number of pyridine rings is 1. The third kappa shape index (κ3) is 4.39. The summed E-state index contributed by atoms with van der Waals surface area (Å²) < 4.78 is 5.86. The number of morpholine rings is 1. The molecule has 0 bridgehead atoms. The van der Waals surface area contributed by atoms with E-state index < -0.39 is 0 Å². The molecule has 24 heavy (non-hydrogen) atoms. The Kier molecular flexibility index (Phi) is 4.96. The van der Waals surface area contributed by atoms with Crippen molar-refractivity contribution in [2.45, 2.75) is 45.3 Å². The van der Waals surface area contributed by atoms with Crippen LogP contribution in [0.3, 0.4) is 0 Å². The van der Waals surface area contributed by atoms with Crippen molar-refractivity contribution in [3.63, 3.8) is 0 Å². The lowest BCUT2D eigenvalue weighted by molar-refractivity contribution is -0.157. The van der Waals surface area contributed by atoms with Crippen molar-refractivity contribution in [2.75, 3.05) is 13.1 Å². The third-order valence-electron chi connectivity index (χ3n) is 3.91. The van der Waals surface area contributed by atoms with E-state index in [9.17, 15) is 4.79 Å². The zero-order chi connectivity index (χ0) is 17.2. The molecule has 0 spiro atoms. The zero-order valence-corrected chi connectivity index (χ0v) is 15.2. The quantitative estimate of drug-likeness (QED) is 0.855. The summed E-state index contributed by atoms with van der Waals surface area (Å²) in [6.45, 7) is 7.33. The van der Waals surface area contributed by atoms with Crippen LogP contribution in [0.15, 0.2) is 29.8 Å². The number of thiazole rings is 1. The first kappa shape index (κ1) is 17.0. The Hall–Kier alpha value is -1.79. The molecule has 0 N–H and O–H groups in total. The second-order valence-electron chi connectivity index (χ2n) is 6.87. The number of amides is 1. The minimum absolute atomic E-state index is 0.0628. The van der Waals surface area contributed by atoms with Crippen LogP contribution in [0, 0.1) is 0 Å². The zero-order valence-electron chi connectivity index (χ0n) is 14.4. The fourth-order valence-corrected chi connectivity index (χ4v) is 3.89. The maximum atomic E-state index is 12.6. The number of ether oxygens (including phenoxy) is 1. The Bertz CT molecular complexity index is 699. The minimum atomic E-state index is -0.292. The standard InChI is InChI=1S/C18H23N3O2S/c1-13-10-21(12-18(2,3)23-13)17(22)9-15-11-24-16(20-15)8-14-6-4-5-7-19-14/h4-7,11,13H,8-10,12H2,1-3H3/t13-/m1/s1. The summed E-state index contributed by atoms with van der Waals surface area (Å²) in [4.78, 5) is 23.4. The summed E-state index contributed by atoms with van der Waals surface area (Å²) in [7, 11) is 0. The normalized spacial score (nSPS) is 20.1. The highest BCUT2D eigenvalue weighted by Crippen LogP contribution is 2.22. The molecule has 0 radical (unpaired) electrons. The Balaban J connectivity index is 1.61. The third-order valence-corrected chi connectivity index (χ3v) is 4.81. The molecule has 0 aromatic carbocycles. The molecule has 0 saturated carbocycles. The fraction of sp³-hybridized carbons (Fsp3) is 0.500. The molecule has 1 amide bonds. The maximum absolute atomic E-state index is 12.6. The molecule has 0 aliphatic carbocycles. The molecule has 5 nitrogen and oxygen atoms in total. The topological polar surface area (TPSA) is 55.3 Å². The molecule has 0 unspecified atom stereocenters. The Morgan fingerprint density at radius 2 is 2.25 bits per heavy atom. The lowest BCUT2D eigenvalue weighted by Crippen LogP contribution is -2.54. The van der Waals surface area contributed by atoms with E-state index in [1.807, 2.05) is 49.3 Å². The smallest absolute Gasteiger partial charge is 0.228 e. The number of rotatable bonds is 4. The number of nitrogens with zero attached hydrogens (tertiary/aromatic N) is 3. The molecule has 128 valence electrons. The van der Waals surface area contributed by atoms with Gasteiger partial charge >= 0.3 is 0 Å². The molecule has 1 saturated heterocycles. The average Bonchev–Trinajstić information content (AvgIpc) is 2.93. The molecule has 6 heteroatoms. The van der Waals surface area contributed by atoms with Crippen LogP contribution in [0.1, 0.15) is 37.2 Å². The van der Waals surface area contributed by atoms with Crippen LogP contribution in [-0.4, -0.2) is 45.6 Å². The van der Waals surface area contributed by atoms with Crippen molar-refractivity contribution in [3.05, 3.63) is 46.2 Å². The summed E-state index contributed by atoms with van der Waals surface area (Å²) in [6.07, 6.45) is 2.91. The first-order valence-electron chi connectivity index (χ1n) is 8.20. The lowest BCUT2D eigenvalue weighted by Gasteiger charge is -2.41. The number of hydrogen-bond acceptors (Lipinski definition) is 5. The molecular formula is C18H23N3O2S. The molecule has 1 aliphatic heterocycles. The molecule has 3 heterocycles. The molecular weight excluding hydrogens is 322 g/mol. The van der Waals surface area contributed by atoms with Gasteiger partial charge in [-0.25, -0.2) is 4.98 Å². The first-order chi connectivity index (χ1) is 11.4. The van der Waals surface area contributed by atoms with E-state index in [0.29, 0.717) is 25.9 Å². The van der Waals surface area contributed by atoms with Crippen LogP contribution in [0.25, 0.3) is 0 Å². The minimum Gasteiger partial charge on any atom is -0.369 e. The second-order valence-corrected chi connectivity index (χ2v) is 7.81. The van der Waals surface area contributed by atoms with E-state index in [-0.39, 0.29) is 17.6 Å². The maximum Gasteiger partial charge on any atom is 0.228 e. The van der Waals surface area contributed by atoms with Gasteiger partial charge in [-0.2, -0.15) is 0 Å². The molecule has 1 fully saturated rings. The van der Waals surface area contributed by atoms with Gasteiger partial charge in [-0.3, -0.25) is 9.78 Å². The van der Waals surface area contributed by atoms with Crippen LogP contribution in [0.2, 0.25) is 0 Å². The van der Waals surface area contributed by atoms with Crippen LogP contribution in [0.4, 0.5) is 0 Å². The summed E-state index contributed by atoms with van der Waals surface area (Å²) in [5.41, 5.74) is 1.54. The van der Waals surface area contributed by atoms with Crippen molar-refractivity contribution < 1.29 is 9.53 Å². The number of carbonyl (C=O) groups is 1. The number of aromatic nitrogens is 2. The molecule has 2 aromatic rings. The van der Waals surface area contributed by atoms with Crippen molar-refractivity contribution in [1.82, 2.24) is 14.9 Å². The van der Waals surface area contributed by atoms with Gasteiger partial charge in [-0.1, -0.05) is 6.07 Å². The summed E-state index contributed by atoms with van der Waals surface area (Å²) >= 11 is 1.59. The first-order valence-corrected chi connectivity index (χ1v) is 9.08. The Morgan fingerprint density at radius 3 is 2.96 bits per heavy atom. The summed E-state index contributed by atoms with van der Waals surface area (Å²) in [5.74, 6) is 0.118. The predicted molar refractivity (Wildman–Crippen MR) is 94.1 cm³/mol. The van der Waals surface area contributed by atoms with Gasteiger partial charge in [0.15, 0.2) is 0 Å². The number of carbonyl (C=O) groups excluding carboxylic acids is 1. The van der Waals surface area contributed by atoms with Gasteiger partial charge in [-0.05, 0) is 32.9 Å². The van der Waals surface area contributed by atoms with E-state index in [1.165, 1.54) is 0 Å². The van der Waals surface area contributed by atoms with Gasteiger partial charge in [0.2, 0.25) is 5.91 Å². The second kappa shape index (κ2) is 6.99. The van der Waals surface area contributed by atoms with Gasteiger partial charge in [0.25, 0.3) is 0 Å². The van der Waals surface area contributed by atoms with Crippen molar-refractivity contribution >= 4 is 17.2 Å². The van der Waals surface area contributed by atoms with Crippen molar-refractivity contribution in [1.29, 1.82) is 0 Å². The SMILES string of the molecule is C[C@@H]1CN(C(=O)Cc2csc(Cc3ccccn3)n2)CC(C)(C)O1. The van der Waals surface area contributed by atoms with E-state index in [4.69, 9.17) is 4.74 Å². The van der Waals surface area contributed by atoms with E-state index >= 15 is 0 Å². The highest BCUT2D eigenvalue weighted by Gasteiger charge is 2.33. The van der Waals surface area contributed by atoms with Crippen LogP contribution in [-0.2, 0) is 22.4 Å². The van der Waals surface area contributed by atoms with E-state index in [1.54, 1.807) is 17.5 Å². The Morgan fingerprint density at radius 1 is 1.42 bits per heavy atom. The Labute approximate surface area is 146 Å². The van der Waals surface area contributed by atoms with Gasteiger partial charge in [0.05, 0.1) is 28.8 Å². The van der Waals surface area contributed by atoms with Crippen LogP contribution in [0.5, 0.6) is 0 Å². The van der Waals surface area contributed by atoms with E-state index in [2.05, 4.69) is 9.97 Å². The largest absolute Gasteiger partial charge is 0.369 e. The molecule has 1 aliphatic rings. The highest BCUT2D eigenvalue weighted by atomic mass is 32.1. The molecule has 3 rings (SSSR count). The van der Waals surface area contributed by atoms with Gasteiger partial charge in [0.1, 0.15) is 0 Å². The molecule has 1 atom stereocenters. The van der Waals surface area contributed by atoms with Crippen molar-refractivity contribution in [2.24, 2.45) is 0 Å². The van der Waals surface area contributed by atoms with Crippen LogP contribution < -0.4 is 0 Å². The summed E-state index contributed by atoms with van der Waals surface area (Å²) in [6, 6.07) is 5.87. The highest BCUT2D eigenvalue weighted by molar-refractivity contribution is 7.09. The average molecular weight is 345 g/mol. The fourth-order valence-electron chi connectivity index (χ4n) is 3.08. The predicted octanol–water partition coefficient (Wildman–Crippen LogP) is 2.70. The van der Waals surface area contributed by atoms with Gasteiger partial charge in [-0.15, -0.1) is 11.3 Å². The van der Waals surface area contributed by atoms with Gasteiger partial charge < -0.3 is 9.64 Å².